The van der Waals surface area contributed by atoms with E-state index < -0.39 is 10.0 Å². The third-order valence-electron chi connectivity index (χ3n) is 6.31. The number of carbonyl (C=O) groups excluding carboxylic acids is 1. The number of rotatable bonds is 14. The summed E-state index contributed by atoms with van der Waals surface area (Å²) in [5.74, 6) is 0.282. The quantitative estimate of drug-likeness (QED) is 0.251. The predicted octanol–water partition coefficient (Wildman–Crippen LogP) is 1.75. The fraction of sp³-hybridized carbons (Fsp3) is 0.481. The van der Waals surface area contributed by atoms with Crippen molar-refractivity contribution in [1.29, 1.82) is 0 Å². The van der Waals surface area contributed by atoms with Crippen LogP contribution in [0.15, 0.2) is 46.4 Å². The van der Waals surface area contributed by atoms with E-state index in [9.17, 15) is 13.2 Å². The molecule has 14 heteroatoms. The third kappa shape index (κ3) is 8.27. The number of hydrazone groups is 1. The highest BCUT2D eigenvalue weighted by Crippen LogP contribution is 2.24. The number of hydrogen-bond donors (Lipinski definition) is 0. The molecule has 1 fully saturated rings. The molecule has 1 aliphatic rings. The summed E-state index contributed by atoms with van der Waals surface area (Å²) >= 11 is 1.34. The molecule has 1 aromatic carbocycles. The lowest BCUT2D eigenvalue weighted by Crippen LogP contribution is -2.34. The first kappa shape index (κ1) is 30.9. The van der Waals surface area contributed by atoms with Gasteiger partial charge in [-0.1, -0.05) is 23.5 Å². The molecule has 0 saturated carbocycles. The second-order valence-corrected chi connectivity index (χ2v) is 12.8. The molecule has 0 spiro atoms. The monoisotopic (exact) mass is 604 g/mol. The Morgan fingerprint density at radius 3 is 2.46 bits per heavy atom. The van der Waals surface area contributed by atoms with Crippen LogP contribution in [-0.4, -0.2) is 125 Å². The number of pyridine rings is 1. The van der Waals surface area contributed by atoms with Crippen molar-refractivity contribution in [2.75, 3.05) is 80.9 Å². The molecule has 0 N–H and O–H groups in total. The summed E-state index contributed by atoms with van der Waals surface area (Å²) in [6.45, 7) is 3.92. The lowest BCUT2D eigenvalue weighted by Gasteiger charge is -2.25. The van der Waals surface area contributed by atoms with E-state index in [0.717, 1.165) is 6.54 Å². The maximum atomic E-state index is 13.6. The number of fused-ring (bicyclic) bond motifs is 1. The van der Waals surface area contributed by atoms with Crippen LogP contribution >= 0.6 is 11.3 Å². The van der Waals surface area contributed by atoms with Gasteiger partial charge in [-0.3, -0.25) is 9.80 Å². The number of morpholine rings is 1. The standard InChI is InChI=1S/C27H36N6O6S2/c1-31(2)11-18-39-24-10-9-22-27(29-24)40-25(28-22)19-23(34)26(30-33-13-16-38-17-14-33)20-5-7-21(8-6-20)41(35,36)32(3)12-15-37-4/h5-10H,11-19H2,1-4H3/b30-26+. The number of sulfonamides is 1. The van der Waals surface area contributed by atoms with E-state index in [-0.39, 0.29) is 36.0 Å². The van der Waals surface area contributed by atoms with Crippen LogP contribution in [0.25, 0.3) is 10.3 Å². The van der Waals surface area contributed by atoms with Crippen molar-refractivity contribution in [3.05, 3.63) is 47.0 Å². The van der Waals surface area contributed by atoms with Crippen molar-refractivity contribution < 1.29 is 27.4 Å². The summed E-state index contributed by atoms with van der Waals surface area (Å²) in [4.78, 5) is 25.6. The van der Waals surface area contributed by atoms with Gasteiger partial charge in [0.2, 0.25) is 15.9 Å². The molecule has 0 aliphatic carbocycles. The minimum atomic E-state index is -3.70. The van der Waals surface area contributed by atoms with Crippen LogP contribution in [0.4, 0.5) is 0 Å². The van der Waals surface area contributed by atoms with Crippen LogP contribution in [0.1, 0.15) is 10.6 Å². The fourth-order valence-corrected chi connectivity index (χ4v) is 6.01. The number of aromatic nitrogens is 2. The summed E-state index contributed by atoms with van der Waals surface area (Å²) in [6, 6.07) is 9.84. The molecule has 41 heavy (non-hydrogen) atoms. The summed E-state index contributed by atoms with van der Waals surface area (Å²) in [6.07, 6.45) is 0.0286. The molecule has 3 heterocycles. The Kier molecular flexibility index (Phi) is 10.8. The summed E-state index contributed by atoms with van der Waals surface area (Å²) < 4.78 is 43.3. The number of nitrogens with zero attached hydrogens (tertiary/aromatic N) is 6. The van der Waals surface area contributed by atoms with Crippen molar-refractivity contribution in [2.45, 2.75) is 11.3 Å². The van der Waals surface area contributed by atoms with Gasteiger partial charge in [0.15, 0.2) is 5.78 Å². The molecule has 0 radical (unpaired) electrons. The van der Waals surface area contributed by atoms with Gasteiger partial charge in [0.05, 0.1) is 44.2 Å². The van der Waals surface area contributed by atoms with Crippen molar-refractivity contribution in [2.24, 2.45) is 5.10 Å². The van der Waals surface area contributed by atoms with Crippen LogP contribution in [0.3, 0.4) is 0 Å². The van der Waals surface area contributed by atoms with Gasteiger partial charge >= 0.3 is 0 Å². The number of ketones is 1. The molecule has 2 aromatic heterocycles. The Balaban J connectivity index is 1.55. The molecule has 0 atom stereocenters. The highest BCUT2D eigenvalue weighted by molar-refractivity contribution is 7.89. The van der Waals surface area contributed by atoms with Gasteiger partial charge in [-0.05, 0) is 32.3 Å². The van der Waals surface area contributed by atoms with E-state index in [1.807, 2.05) is 25.1 Å². The van der Waals surface area contributed by atoms with Gasteiger partial charge in [0.1, 0.15) is 27.7 Å². The third-order valence-corrected chi connectivity index (χ3v) is 9.15. The van der Waals surface area contributed by atoms with Gasteiger partial charge < -0.3 is 19.1 Å². The Labute approximate surface area is 244 Å². The minimum Gasteiger partial charge on any atom is -0.476 e. The number of ether oxygens (including phenoxy) is 3. The molecule has 1 saturated heterocycles. The molecule has 4 rings (SSSR count). The second-order valence-electron chi connectivity index (χ2n) is 9.69. The van der Waals surface area contributed by atoms with Gasteiger partial charge in [-0.25, -0.2) is 18.4 Å². The van der Waals surface area contributed by atoms with E-state index in [2.05, 4.69) is 15.1 Å². The minimum absolute atomic E-state index is 0.0286. The van der Waals surface area contributed by atoms with E-state index >= 15 is 0 Å². The first-order chi connectivity index (χ1) is 19.7. The number of Topliss-reactive ketones (excluding diaryl/α,β-unsaturated/α-hetero) is 1. The Morgan fingerprint density at radius 2 is 1.78 bits per heavy atom. The zero-order valence-corrected chi connectivity index (χ0v) is 25.4. The van der Waals surface area contributed by atoms with Crippen molar-refractivity contribution in [3.63, 3.8) is 0 Å². The zero-order chi connectivity index (χ0) is 29.4. The normalized spacial score (nSPS) is 14.8. The van der Waals surface area contributed by atoms with Crippen LogP contribution in [0.2, 0.25) is 0 Å². The van der Waals surface area contributed by atoms with Crippen molar-refractivity contribution in [1.82, 2.24) is 24.2 Å². The molecule has 0 amide bonds. The van der Waals surface area contributed by atoms with Crippen molar-refractivity contribution in [3.8, 4) is 5.88 Å². The first-order valence-corrected chi connectivity index (χ1v) is 15.5. The van der Waals surface area contributed by atoms with Gasteiger partial charge in [0.25, 0.3) is 0 Å². The number of carbonyl (C=O) groups is 1. The number of benzene rings is 1. The Morgan fingerprint density at radius 1 is 1.05 bits per heavy atom. The first-order valence-electron chi connectivity index (χ1n) is 13.2. The Hall–Kier alpha value is -3.01. The predicted molar refractivity (Wildman–Crippen MR) is 157 cm³/mol. The van der Waals surface area contributed by atoms with Crippen LogP contribution in [-0.2, 0) is 30.7 Å². The fourth-order valence-electron chi connectivity index (χ4n) is 3.93. The molecule has 0 unspecified atom stereocenters. The van der Waals surface area contributed by atoms with E-state index in [1.54, 1.807) is 23.2 Å². The number of methoxy groups -OCH3 is 1. The zero-order valence-electron chi connectivity index (χ0n) is 23.8. The second kappa shape index (κ2) is 14.2. The molecule has 3 aromatic rings. The van der Waals surface area contributed by atoms with Crippen LogP contribution in [0, 0.1) is 0 Å². The average molecular weight is 605 g/mol. The van der Waals surface area contributed by atoms with Gasteiger partial charge in [0, 0.05) is 38.9 Å². The largest absolute Gasteiger partial charge is 0.476 e. The average Bonchev–Trinajstić information content (AvgIpc) is 3.36. The van der Waals surface area contributed by atoms with Crippen molar-refractivity contribution >= 4 is 43.2 Å². The number of hydrogen-bond acceptors (Lipinski definition) is 12. The maximum Gasteiger partial charge on any atom is 0.242 e. The van der Waals surface area contributed by atoms with E-state index in [0.29, 0.717) is 59.7 Å². The lowest BCUT2D eigenvalue weighted by molar-refractivity contribution is -0.112. The van der Waals surface area contributed by atoms with Gasteiger partial charge in [-0.15, -0.1) is 0 Å². The Bertz CT molecular complexity index is 1450. The molecular formula is C27H36N6O6S2. The summed E-state index contributed by atoms with van der Waals surface area (Å²) in [5, 5.41) is 7.08. The van der Waals surface area contributed by atoms with Crippen LogP contribution in [0.5, 0.6) is 5.88 Å². The van der Waals surface area contributed by atoms with Crippen LogP contribution < -0.4 is 4.74 Å². The molecule has 0 bridgehead atoms. The SMILES string of the molecule is COCCN(C)S(=O)(=O)c1ccc(/C(=N\N2CCOCC2)C(=O)Cc2nc3ccc(OCCN(C)C)nc3s2)cc1. The smallest absolute Gasteiger partial charge is 0.242 e. The maximum absolute atomic E-state index is 13.6. The topological polar surface area (TPSA) is 127 Å². The number of likely N-dealkylation sites (N-methyl/N-ethyl adjacent to an activating group) is 2. The molecule has 12 nitrogen and oxygen atoms in total. The summed E-state index contributed by atoms with van der Waals surface area (Å²) in [5.41, 5.74) is 1.45. The molecule has 222 valence electrons. The lowest BCUT2D eigenvalue weighted by atomic mass is 10.0. The van der Waals surface area contributed by atoms with Gasteiger partial charge in [-0.2, -0.15) is 9.41 Å². The molecule has 1 aliphatic heterocycles. The highest BCUT2D eigenvalue weighted by atomic mass is 32.2. The molecular weight excluding hydrogens is 568 g/mol. The highest BCUT2D eigenvalue weighted by Gasteiger charge is 2.23. The van der Waals surface area contributed by atoms with E-state index in [4.69, 9.17) is 14.2 Å². The summed E-state index contributed by atoms with van der Waals surface area (Å²) in [7, 11) is 3.27. The number of thiazole rings is 1. The van der Waals surface area contributed by atoms with E-state index in [1.165, 1.54) is 41.9 Å².